The van der Waals surface area contributed by atoms with E-state index in [1.165, 1.54) is 35.2 Å². The topological polar surface area (TPSA) is 21.6 Å². The van der Waals surface area contributed by atoms with Crippen LogP contribution in [0.15, 0.2) is 53.5 Å². The fraction of sp³-hybridized carbons (Fsp3) is 0.381. The molecule has 0 aliphatic carbocycles. The smallest absolute Gasteiger partial charge is 0.119 e. The number of aliphatic imine (C=N–C) groups is 1. The van der Waals surface area contributed by atoms with E-state index in [4.69, 9.17) is 9.73 Å². The molecule has 1 heterocycles. The Hall–Kier alpha value is -2.09. The van der Waals surface area contributed by atoms with Gasteiger partial charge >= 0.3 is 0 Å². The molecule has 0 aromatic heterocycles. The molecule has 0 unspecified atom stereocenters. The second-order valence-corrected chi connectivity index (χ2v) is 6.12. The van der Waals surface area contributed by atoms with Gasteiger partial charge in [-0.2, -0.15) is 0 Å². The van der Waals surface area contributed by atoms with Crippen molar-refractivity contribution in [2.75, 3.05) is 13.2 Å². The quantitative estimate of drug-likeness (QED) is 0.670. The molecule has 0 saturated carbocycles. The molecular formula is C21H25NO. The molecule has 23 heavy (non-hydrogen) atoms. The second kappa shape index (κ2) is 7.96. The van der Waals surface area contributed by atoms with Gasteiger partial charge in [0.15, 0.2) is 0 Å². The predicted octanol–water partition coefficient (Wildman–Crippen LogP) is 4.84. The monoisotopic (exact) mass is 307 g/mol. The summed E-state index contributed by atoms with van der Waals surface area (Å²) in [5.74, 6) is 1.00. The highest BCUT2D eigenvalue weighted by Gasteiger charge is 2.15. The lowest BCUT2D eigenvalue weighted by molar-refractivity contribution is 0.306. The van der Waals surface area contributed by atoms with Crippen LogP contribution in [0.25, 0.3) is 0 Å². The van der Waals surface area contributed by atoms with Crippen LogP contribution in [0.1, 0.15) is 42.9 Å². The van der Waals surface area contributed by atoms with Gasteiger partial charge in [-0.1, -0.05) is 50.1 Å². The van der Waals surface area contributed by atoms with E-state index in [-0.39, 0.29) is 0 Å². The number of ether oxygens (including phenoxy) is 1. The molecule has 0 spiro atoms. The third kappa shape index (κ3) is 4.22. The average molecular weight is 307 g/mol. The van der Waals surface area contributed by atoms with Gasteiger partial charge < -0.3 is 4.74 Å². The van der Waals surface area contributed by atoms with Crippen LogP contribution in [0.5, 0.6) is 5.75 Å². The Morgan fingerprint density at radius 1 is 1.04 bits per heavy atom. The Bertz CT molecular complexity index is 661. The highest BCUT2D eigenvalue weighted by atomic mass is 16.5. The minimum Gasteiger partial charge on any atom is -0.494 e. The first kappa shape index (κ1) is 15.8. The maximum absolute atomic E-state index is 5.89. The Kier molecular flexibility index (Phi) is 5.46. The van der Waals surface area contributed by atoms with Crippen LogP contribution in [0.4, 0.5) is 0 Å². The van der Waals surface area contributed by atoms with Crippen LogP contribution in [-0.4, -0.2) is 18.9 Å². The molecule has 2 aromatic carbocycles. The van der Waals surface area contributed by atoms with Gasteiger partial charge in [0.1, 0.15) is 5.75 Å². The molecule has 0 radical (unpaired) electrons. The van der Waals surface area contributed by atoms with E-state index in [9.17, 15) is 0 Å². The normalized spacial score (nSPS) is 13.3. The lowest BCUT2D eigenvalue weighted by atomic mass is 9.93. The molecule has 3 rings (SSSR count). The van der Waals surface area contributed by atoms with Crippen molar-refractivity contribution in [1.82, 2.24) is 0 Å². The Labute approximate surface area is 139 Å². The summed E-state index contributed by atoms with van der Waals surface area (Å²) in [5, 5.41) is 0. The average Bonchev–Trinajstić information content (AvgIpc) is 2.60. The van der Waals surface area contributed by atoms with Gasteiger partial charge in [0, 0.05) is 18.7 Å². The number of hydrogen-bond donors (Lipinski definition) is 0. The van der Waals surface area contributed by atoms with Gasteiger partial charge in [0.05, 0.1) is 6.61 Å². The Morgan fingerprint density at radius 2 is 1.91 bits per heavy atom. The van der Waals surface area contributed by atoms with Crippen molar-refractivity contribution in [2.24, 2.45) is 4.99 Å². The van der Waals surface area contributed by atoms with E-state index in [1.54, 1.807) is 0 Å². The highest BCUT2D eigenvalue weighted by molar-refractivity contribution is 6.03. The zero-order valence-electron chi connectivity index (χ0n) is 13.9. The SMILES string of the molecule is CCCCCOc1ccc2c(c1)CCN=C2Cc1ccccc1. The van der Waals surface area contributed by atoms with Crippen LogP contribution in [0.3, 0.4) is 0 Å². The fourth-order valence-corrected chi connectivity index (χ4v) is 3.03. The van der Waals surface area contributed by atoms with Crippen LogP contribution in [-0.2, 0) is 12.8 Å². The van der Waals surface area contributed by atoms with Gasteiger partial charge in [0.25, 0.3) is 0 Å². The van der Waals surface area contributed by atoms with Crippen molar-refractivity contribution >= 4 is 5.71 Å². The first-order valence-corrected chi connectivity index (χ1v) is 8.70. The summed E-state index contributed by atoms with van der Waals surface area (Å²) >= 11 is 0. The number of rotatable bonds is 7. The number of benzene rings is 2. The van der Waals surface area contributed by atoms with Crippen molar-refractivity contribution in [2.45, 2.75) is 39.0 Å². The zero-order valence-corrected chi connectivity index (χ0v) is 13.9. The van der Waals surface area contributed by atoms with Crippen LogP contribution in [0, 0.1) is 0 Å². The van der Waals surface area contributed by atoms with E-state index in [1.807, 2.05) is 0 Å². The Morgan fingerprint density at radius 3 is 2.74 bits per heavy atom. The zero-order chi connectivity index (χ0) is 15.9. The molecule has 2 nitrogen and oxygen atoms in total. The van der Waals surface area contributed by atoms with Crippen molar-refractivity contribution in [1.29, 1.82) is 0 Å². The maximum atomic E-state index is 5.89. The van der Waals surface area contributed by atoms with Crippen molar-refractivity contribution < 1.29 is 4.74 Å². The van der Waals surface area contributed by atoms with E-state index < -0.39 is 0 Å². The van der Waals surface area contributed by atoms with Gasteiger partial charge in [-0.05, 0) is 47.7 Å². The van der Waals surface area contributed by atoms with Crippen LogP contribution in [0.2, 0.25) is 0 Å². The second-order valence-electron chi connectivity index (χ2n) is 6.12. The first-order chi connectivity index (χ1) is 11.4. The molecular weight excluding hydrogens is 282 g/mol. The number of fused-ring (bicyclic) bond motifs is 1. The van der Waals surface area contributed by atoms with E-state index >= 15 is 0 Å². The van der Waals surface area contributed by atoms with Crippen molar-refractivity contribution in [3.8, 4) is 5.75 Å². The lowest BCUT2D eigenvalue weighted by Gasteiger charge is -2.18. The minimum atomic E-state index is 0.817. The van der Waals surface area contributed by atoms with Crippen LogP contribution < -0.4 is 4.74 Å². The van der Waals surface area contributed by atoms with Gasteiger partial charge in [-0.25, -0.2) is 0 Å². The van der Waals surface area contributed by atoms with E-state index in [0.717, 1.165) is 38.2 Å². The van der Waals surface area contributed by atoms with E-state index in [2.05, 4.69) is 55.5 Å². The molecule has 0 amide bonds. The maximum Gasteiger partial charge on any atom is 0.119 e. The number of unbranched alkanes of at least 4 members (excludes halogenated alkanes) is 2. The summed E-state index contributed by atoms with van der Waals surface area (Å²) in [6.07, 6.45) is 5.52. The summed E-state index contributed by atoms with van der Waals surface area (Å²) in [5.41, 5.74) is 5.19. The Balaban J connectivity index is 1.70. The summed E-state index contributed by atoms with van der Waals surface area (Å²) in [6, 6.07) is 17.1. The lowest BCUT2D eigenvalue weighted by Crippen LogP contribution is -2.15. The van der Waals surface area contributed by atoms with Crippen LogP contribution >= 0.6 is 0 Å². The van der Waals surface area contributed by atoms with Crippen molar-refractivity contribution in [3.63, 3.8) is 0 Å². The summed E-state index contributed by atoms with van der Waals surface area (Å²) in [4.78, 5) is 4.76. The molecule has 0 saturated heterocycles. The summed E-state index contributed by atoms with van der Waals surface area (Å²) in [7, 11) is 0. The number of nitrogens with zero attached hydrogens (tertiary/aromatic N) is 1. The molecule has 1 aliphatic heterocycles. The summed E-state index contributed by atoms with van der Waals surface area (Å²) < 4.78 is 5.89. The molecule has 0 N–H and O–H groups in total. The highest BCUT2D eigenvalue weighted by Crippen LogP contribution is 2.24. The first-order valence-electron chi connectivity index (χ1n) is 8.70. The number of hydrogen-bond acceptors (Lipinski definition) is 2. The predicted molar refractivity (Wildman–Crippen MR) is 96.7 cm³/mol. The molecule has 0 atom stereocenters. The molecule has 1 aliphatic rings. The molecule has 2 aromatic rings. The van der Waals surface area contributed by atoms with Gasteiger partial charge in [-0.3, -0.25) is 4.99 Å². The third-order valence-electron chi connectivity index (χ3n) is 4.30. The van der Waals surface area contributed by atoms with E-state index in [0.29, 0.717) is 0 Å². The summed E-state index contributed by atoms with van der Waals surface area (Å²) in [6.45, 7) is 3.92. The minimum absolute atomic E-state index is 0.817. The third-order valence-corrected chi connectivity index (χ3v) is 4.30. The fourth-order valence-electron chi connectivity index (χ4n) is 3.03. The molecule has 0 fully saturated rings. The largest absolute Gasteiger partial charge is 0.494 e. The molecule has 2 heteroatoms. The molecule has 120 valence electrons. The van der Waals surface area contributed by atoms with Gasteiger partial charge in [0.2, 0.25) is 0 Å². The van der Waals surface area contributed by atoms with Gasteiger partial charge in [-0.15, -0.1) is 0 Å². The molecule has 0 bridgehead atoms. The van der Waals surface area contributed by atoms with Crippen molar-refractivity contribution in [3.05, 3.63) is 65.2 Å². The standard InChI is InChI=1S/C21H25NO/c1-2-3-7-14-23-19-10-11-20-18(16-19)12-13-22-21(20)15-17-8-5-4-6-9-17/h4-6,8-11,16H,2-3,7,12-15H2,1H3.